The Balaban J connectivity index is 2.70. The van der Waals surface area contributed by atoms with Gasteiger partial charge in [-0.1, -0.05) is 13.8 Å². The summed E-state index contributed by atoms with van der Waals surface area (Å²) in [6.45, 7) is 3.72. The van der Waals surface area contributed by atoms with Gasteiger partial charge in [-0.2, -0.15) is 13.2 Å². The largest absolute Gasteiger partial charge is 0.451 e. The number of rotatable bonds is 6. The number of nitrogens with zero attached hydrogens (tertiary/aromatic N) is 3. The van der Waals surface area contributed by atoms with E-state index < -0.39 is 17.7 Å². The molecule has 0 aliphatic heterocycles. The predicted molar refractivity (Wildman–Crippen MR) is 69.6 cm³/mol. The second kappa shape index (κ2) is 6.77. The fourth-order valence-corrected chi connectivity index (χ4v) is 1.97. The van der Waals surface area contributed by atoms with Crippen molar-refractivity contribution in [2.75, 3.05) is 6.54 Å². The van der Waals surface area contributed by atoms with Crippen molar-refractivity contribution in [3.63, 3.8) is 0 Å². The van der Waals surface area contributed by atoms with Crippen LogP contribution in [0.4, 0.5) is 13.2 Å². The van der Waals surface area contributed by atoms with Gasteiger partial charge in [-0.3, -0.25) is 9.36 Å². The molecule has 0 bridgehead atoms. The van der Waals surface area contributed by atoms with E-state index in [0.29, 0.717) is 22.1 Å². The molecule has 120 valence electrons. The molecule has 1 heterocycles. The third kappa shape index (κ3) is 4.08. The molecule has 0 aliphatic rings. The van der Waals surface area contributed by atoms with Crippen LogP contribution in [0, 0.1) is 5.92 Å². The third-order valence-corrected chi connectivity index (χ3v) is 3.27. The second-order valence-electron chi connectivity index (χ2n) is 4.69. The molecule has 0 atom stereocenters. The highest BCUT2D eigenvalue weighted by Gasteiger charge is 2.37. The van der Waals surface area contributed by atoms with E-state index in [1.807, 2.05) is 13.8 Å². The molecule has 21 heavy (non-hydrogen) atoms. The Bertz CT molecular complexity index is 544. The van der Waals surface area contributed by atoms with Gasteiger partial charge in [0.25, 0.3) is 0 Å². The van der Waals surface area contributed by atoms with Crippen LogP contribution in [0.5, 0.6) is 0 Å². The van der Waals surface area contributed by atoms with Gasteiger partial charge < -0.3 is 5.32 Å². The number of aromatic nitrogens is 3. The Morgan fingerprint density at radius 3 is 2.33 bits per heavy atom. The summed E-state index contributed by atoms with van der Waals surface area (Å²) in [5.41, 5.74) is -0.862. The first-order valence-corrected chi connectivity index (χ1v) is 6.71. The standard InChI is InChI=1S/C12H19F3N4O2/c1-4-8(5-2)9(20)16-6-7-19-11(21)18(3)10(17-19)12(13,14)15/h8H,4-7H2,1-3H3,(H,16,20). The molecule has 0 spiro atoms. The quantitative estimate of drug-likeness (QED) is 0.857. The lowest BCUT2D eigenvalue weighted by Gasteiger charge is -2.12. The number of alkyl halides is 3. The number of nitrogens with one attached hydrogen (secondary N) is 1. The zero-order valence-corrected chi connectivity index (χ0v) is 12.2. The van der Waals surface area contributed by atoms with Crippen LogP contribution in [0.1, 0.15) is 32.5 Å². The van der Waals surface area contributed by atoms with E-state index >= 15 is 0 Å². The zero-order chi connectivity index (χ0) is 16.2. The number of halogens is 3. The van der Waals surface area contributed by atoms with Crippen LogP contribution in [-0.2, 0) is 24.6 Å². The lowest BCUT2D eigenvalue weighted by molar-refractivity contribution is -0.147. The Hall–Kier alpha value is -1.80. The summed E-state index contributed by atoms with van der Waals surface area (Å²) in [5.74, 6) is -1.55. The highest BCUT2D eigenvalue weighted by Crippen LogP contribution is 2.25. The summed E-state index contributed by atoms with van der Waals surface area (Å²) in [6.07, 6.45) is -3.31. The van der Waals surface area contributed by atoms with Crippen molar-refractivity contribution in [2.45, 2.75) is 39.4 Å². The first-order valence-electron chi connectivity index (χ1n) is 6.71. The molecule has 0 fully saturated rings. The van der Waals surface area contributed by atoms with E-state index in [1.54, 1.807) is 0 Å². The maximum atomic E-state index is 12.6. The normalized spacial score (nSPS) is 12.0. The summed E-state index contributed by atoms with van der Waals surface area (Å²) >= 11 is 0. The number of hydrogen-bond donors (Lipinski definition) is 1. The highest BCUT2D eigenvalue weighted by atomic mass is 19.4. The van der Waals surface area contributed by atoms with Crippen LogP contribution < -0.4 is 11.0 Å². The van der Waals surface area contributed by atoms with E-state index in [4.69, 9.17) is 0 Å². The lowest BCUT2D eigenvalue weighted by Crippen LogP contribution is -2.35. The molecular weight excluding hydrogens is 289 g/mol. The molecule has 1 rings (SSSR count). The Morgan fingerprint density at radius 2 is 1.90 bits per heavy atom. The van der Waals surface area contributed by atoms with Gasteiger partial charge in [-0.25, -0.2) is 9.48 Å². The van der Waals surface area contributed by atoms with E-state index in [1.165, 1.54) is 0 Å². The van der Waals surface area contributed by atoms with E-state index in [9.17, 15) is 22.8 Å². The summed E-state index contributed by atoms with van der Waals surface area (Å²) in [4.78, 5) is 23.3. The molecule has 0 saturated carbocycles. The van der Waals surface area contributed by atoms with E-state index in [2.05, 4.69) is 10.4 Å². The SMILES string of the molecule is CCC(CC)C(=O)NCCn1nc(C(F)(F)F)n(C)c1=O. The number of hydrogen-bond acceptors (Lipinski definition) is 3. The molecule has 1 amide bonds. The molecule has 1 N–H and O–H groups in total. The van der Waals surface area contributed by atoms with Gasteiger partial charge in [0.1, 0.15) is 0 Å². The number of carbonyl (C=O) groups is 1. The van der Waals surface area contributed by atoms with Gasteiger partial charge >= 0.3 is 11.9 Å². The molecular formula is C12H19F3N4O2. The van der Waals surface area contributed by atoms with Crippen molar-refractivity contribution in [2.24, 2.45) is 13.0 Å². The first kappa shape index (κ1) is 17.3. The molecule has 6 nitrogen and oxygen atoms in total. The van der Waals surface area contributed by atoms with Crippen LogP contribution in [0.15, 0.2) is 4.79 Å². The van der Waals surface area contributed by atoms with Crippen LogP contribution in [0.3, 0.4) is 0 Å². The second-order valence-corrected chi connectivity index (χ2v) is 4.69. The Kier molecular flexibility index (Phi) is 5.56. The molecule has 1 aromatic rings. The van der Waals surface area contributed by atoms with Crippen molar-refractivity contribution >= 4 is 5.91 Å². The molecule has 0 unspecified atom stereocenters. The molecule has 9 heteroatoms. The minimum Gasteiger partial charge on any atom is -0.354 e. The maximum absolute atomic E-state index is 12.6. The fourth-order valence-electron chi connectivity index (χ4n) is 1.97. The lowest BCUT2D eigenvalue weighted by atomic mass is 10.0. The number of carbonyl (C=O) groups excluding carboxylic acids is 1. The molecule has 0 radical (unpaired) electrons. The topological polar surface area (TPSA) is 68.9 Å². The van der Waals surface area contributed by atoms with Gasteiger partial charge in [0.15, 0.2) is 0 Å². The van der Waals surface area contributed by atoms with Crippen LogP contribution >= 0.6 is 0 Å². The summed E-state index contributed by atoms with van der Waals surface area (Å²) < 4.78 is 38.9. The van der Waals surface area contributed by atoms with Crippen molar-refractivity contribution in [1.82, 2.24) is 19.7 Å². The van der Waals surface area contributed by atoms with Crippen molar-refractivity contribution in [1.29, 1.82) is 0 Å². The predicted octanol–water partition coefficient (Wildman–Crippen LogP) is 1.15. The van der Waals surface area contributed by atoms with Gasteiger partial charge in [-0.05, 0) is 12.8 Å². The van der Waals surface area contributed by atoms with Crippen LogP contribution in [0.2, 0.25) is 0 Å². The van der Waals surface area contributed by atoms with Gasteiger partial charge in [0.2, 0.25) is 11.7 Å². The van der Waals surface area contributed by atoms with Gasteiger partial charge in [-0.15, -0.1) is 5.10 Å². The van der Waals surface area contributed by atoms with Crippen molar-refractivity contribution in [3.05, 3.63) is 16.3 Å². The maximum Gasteiger partial charge on any atom is 0.451 e. The minimum atomic E-state index is -4.68. The zero-order valence-electron chi connectivity index (χ0n) is 12.2. The summed E-state index contributed by atoms with van der Waals surface area (Å²) in [5, 5.41) is 5.85. The van der Waals surface area contributed by atoms with Gasteiger partial charge in [0.05, 0.1) is 6.54 Å². The average Bonchev–Trinajstić information content (AvgIpc) is 2.68. The highest BCUT2D eigenvalue weighted by molar-refractivity contribution is 5.78. The van der Waals surface area contributed by atoms with Crippen LogP contribution in [-0.4, -0.2) is 26.8 Å². The first-order chi connectivity index (χ1) is 9.72. The van der Waals surface area contributed by atoms with E-state index in [0.717, 1.165) is 7.05 Å². The average molecular weight is 308 g/mol. The number of amides is 1. The Morgan fingerprint density at radius 1 is 1.33 bits per heavy atom. The minimum absolute atomic E-state index is 0.0591. The Labute approximate surface area is 119 Å². The van der Waals surface area contributed by atoms with Crippen molar-refractivity contribution < 1.29 is 18.0 Å². The fraction of sp³-hybridized carbons (Fsp3) is 0.750. The van der Waals surface area contributed by atoms with Crippen molar-refractivity contribution in [3.8, 4) is 0 Å². The summed E-state index contributed by atoms with van der Waals surface area (Å²) in [7, 11) is 1.01. The summed E-state index contributed by atoms with van der Waals surface area (Å²) in [6, 6.07) is 0. The molecule has 0 aromatic carbocycles. The smallest absolute Gasteiger partial charge is 0.354 e. The molecule has 1 aromatic heterocycles. The third-order valence-electron chi connectivity index (χ3n) is 3.27. The van der Waals surface area contributed by atoms with E-state index in [-0.39, 0.29) is 24.9 Å². The van der Waals surface area contributed by atoms with Gasteiger partial charge in [0, 0.05) is 19.5 Å². The molecule has 0 saturated heterocycles. The monoisotopic (exact) mass is 308 g/mol. The molecule has 0 aliphatic carbocycles. The van der Waals surface area contributed by atoms with Crippen LogP contribution in [0.25, 0.3) is 0 Å².